The third-order valence-electron chi connectivity index (χ3n) is 2.06. The molecule has 0 rings (SSSR count). The van der Waals surface area contributed by atoms with E-state index in [4.69, 9.17) is 9.84 Å². The van der Waals surface area contributed by atoms with E-state index in [1.54, 1.807) is 0 Å². The Morgan fingerprint density at radius 2 is 1.85 bits per heavy atom. The molecule has 0 aliphatic carbocycles. The molecule has 80 valence electrons. The first kappa shape index (κ1) is 12.9. The molecule has 13 heavy (non-hydrogen) atoms. The zero-order valence-electron chi connectivity index (χ0n) is 9.31. The molecule has 2 heteroatoms. The second kappa shape index (κ2) is 7.34. The monoisotopic (exact) mass is 188 g/mol. The Kier molecular flexibility index (Phi) is 7.29. The first-order valence-corrected chi connectivity index (χ1v) is 5.31. The van der Waals surface area contributed by atoms with Gasteiger partial charge in [-0.25, -0.2) is 0 Å². The maximum atomic E-state index is 8.95. The van der Waals surface area contributed by atoms with Crippen molar-refractivity contribution in [3.63, 3.8) is 0 Å². The third kappa shape index (κ3) is 8.26. The van der Waals surface area contributed by atoms with Gasteiger partial charge in [0.05, 0.1) is 13.2 Å². The smallest absolute Gasteiger partial charge is 0.0539 e. The van der Waals surface area contributed by atoms with E-state index in [1.807, 2.05) is 13.8 Å². The van der Waals surface area contributed by atoms with Crippen molar-refractivity contribution >= 4 is 0 Å². The lowest BCUT2D eigenvalue weighted by molar-refractivity contribution is 0.0266. The largest absolute Gasteiger partial charge is 0.396 e. The molecular formula is C11H24O2. The molecule has 0 bridgehead atoms. The highest BCUT2D eigenvalue weighted by Gasteiger charge is 2.15. The molecule has 0 fully saturated rings. The van der Waals surface area contributed by atoms with Crippen LogP contribution in [0.2, 0.25) is 0 Å². The zero-order valence-corrected chi connectivity index (χ0v) is 9.31. The molecule has 0 aromatic heterocycles. The van der Waals surface area contributed by atoms with Gasteiger partial charge in [-0.1, -0.05) is 40.0 Å². The number of unbranched alkanes of at least 4 members (excludes halogenated alkanes) is 3. The highest BCUT2D eigenvalue weighted by atomic mass is 16.5. The maximum Gasteiger partial charge on any atom is 0.0539 e. The Morgan fingerprint density at radius 3 is 2.38 bits per heavy atom. The Balaban J connectivity index is 3.16. The number of aliphatic hydroxyl groups is 1. The predicted octanol–water partition coefficient (Wildman–Crippen LogP) is 2.60. The van der Waals surface area contributed by atoms with Gasteiger partial charge in [0.2, 0.25) is 0 Å². The van der Waals surface area contributed by atoms with Crippen LogP contribution in [0, 0.1) is 5.41 Å². The fourth-order valence-electron chi connectivity index (χ4n) is 1.03. The van der Waals surface area contributed by atoms with Gasteiger partial charge in [-0.3, -0.25) is 0 Å². The summed E-state index contributed by atoms with van der Waals surface area (Å²) in [5, 5.41) is 8.95. The Morgan fingerprint density at radius 1 is 1.15 bits per heavy atom. The average Bonchev–Trinajstić information content (AvgIpc) is 2.11. The van der Waals surface area contributed by atoms with Crippen LogP contribution in [0.15, 0.2) is 0 Å². The van der Waals surface area contributed by atoms with Crippen molar-refractivity contribution in [2.75, 3.05) is 19.8 Å². The van der Waals surface area contributed by atoms with E-state index in [-0.39, 0.29) is 12.0 Å². The molecule has 0 unspecified atom stereocenters. The first-order valence-electron chi connectivity index (χ1n) is 5.31. The summed E-state index contributed by atoms with van der Waals surface area (Å²) in [4.78, 5) is 0. The fourth-order valence-corrected chi connectivity index (χ4v) is 1.03. The molecule has 0 amide bonds. The van der Waals surface area contributed by atoms with Gasteiger partial charge in [-0.15, -0.1) is 0 Å². The van der Waals surface area contributed by atoms with Crippen molar-refractivity contribution in [1.82, 2.24) is 0 Å². The summed E-state index contributed by atoms with van der Waals surface area (Å²) >= 11 is 0. The molecule has 0 spiro atoms. The van der Waals surface area contributed by atoms with Crippen molar-refractivity contribution in [1.29, 1.82) is 0 Å². The van der Waals surface area contributed by atoms with Gasteiger partial charge in [0.25, 0.3) is 0 Å². The van der Waals surface area contributed by atoms with Crippen LogP contribution in [0.25, 0.3) is 0 Å². The van der Waals surface area contributed by atoms with Crippen molar-refractivity contribution in [3.05, 3.63) is 0 Å². The van der Waals surface area contributed by atoms with E-state index in [2.05, 4.69) is 6.92 Å². The molecule has 0 aliphatic rings. The minimum Gasteiger partial charge on any atom is -0.396 e. The SMILES string of the molecule is CCCCCCOCC(C)(C)CO. The molecule has 0 aromatic rings. The van der Waals surface area contributed by atoms with E-state index in [1.165, 1.54) is 19.3 Å². The van der Waals surface area contributed by atoms with E-state index in [9.17, 15) is 0 Å². The molecule has 0 saturated heterocycles. The number of ether oxygens (including phenoxy) is 1. The number of aliphatic hydroxyl groups excluding tert-OH is 1. The lowest BCUT2D eigenvalue weighted by Gasteiger charge is -2.21. The summed E-state index contributed by atoms with van der Waals surface area (Å²) in [6.45, 7) is 7.93. The molecule has 0 aliphatic heterocycles. The fraction of sp³-hybridized carbons (Fsp3) is 1.00. The van der Waals surface area contributed by atoms with Gasteiger partial charge in [0.1, 0.15) is 0 Å². The van der Waals surface area contributed by atoms with Crippen LogP contribution >= 0.6 is 0 Å². The van der Waals surface area contributed by atoms with E-state index in [0.717, 1.165) is 13.0 Å². The molecule has 0 heterocycles. The van der Waals surface area contributed by atoms with Gasteiger partial charge in [0.15, 0.2) is 0 Å². The number of hydrogen-bond acceptors (Lipinski definition) is 2. The summed E-state index contributed by atoms with van der Waals surface area (Å²) < 4.78 is 5.48. The topological polar surface area (TPSA) is 29.5 Å². The lowest BCUT2D eigenvalue weighted by Crippen LogP contribution is -2.23. The summed E-state index contributed by atoms with van der Waals surface area (Å²) in [6, 6.07) is 0. The van der Waals surface area contributed by atoms with Crippen LogP contribution in [0.4, 0.5) is 0 Å². The second-order valence-corrected chi connectivity index (χ2v) is 4.44. The highest BCUT2D eigenvalue weighted by molar-refractivity contribution is 4.65. The van der Waals surface area contributed by atoms with Crippen molar-refractivity contribution < 1.29 is 9.84 Å². The molecule has 0 aromatic carbocycles. The zero-order chi connectivity index (χ0) is 10.2. The quantitative estimate of drug-likeness (QED) is 0.593. The van der Waals surface area contributed by atoms with Crippen molar-refractivity contribution in [2.24, 2.45) is 5.41 Å². The Hall–Kier alpha value is -0.0800. The van der Waals surface area contributed by atoms with E-state index < -0.39 is 0 Å². The Labute approximate surface area is 82.3 Å². The molecule has 1 N–H and O–H groups in total. The molecule has 0 saturated carbocycles. The van der Waals surface area contributed by atoms with Crippen LogP contribution in [0.5, 0.6) is 0 Å². The minimum absolute atomic E-state index is 0.0786. The van der Waals surface area contributed by atoms with E-state index >= 15 is 0 Å². The van der Waals surface area contributed by atoms with Crippen LogP contribution in [0.3, 0.4) is 0 Å². The van der Waals surface area contributed by atoms with Crippen LogP contribution in [0.1, 0.15) is 46.5 Å². The Bertz CT molecular complexity index is 111. The molecule has 2 nitrogen and oxygen atoms in total. The molecular weight excluding hydrogens is 164 g/mol. The van der Waals surface area contributed by atoms with Crippen LogP contribution in [-0.4, -0.2) is 24.9 Å². The first-order chi connectivity index (χ1) is 6.12. The minimum atomic E-state index is -0.0786. The van der Waals surface area contributed by atoms with Crippen LogP contribution in [-0.2, 0) is 4.74 Å². The van der Waals surface area contributed by atoms with Gasteiger partial charge < -0.3 is 9.84 Å². The lowest BCUT2D eigenvalue weighted by atomic mass is 9.97. The normalized spacial score (nSPS) is 12.0. The van der Waals surface area contributed by atoms with Gasteiger partial charge >= 0.3 is 0 Å². The van der Waals surface area contributed by atoms with Gasteiger partial charge in [0, 0.05) is 12.0 Å². The maximum absolute atomic E-state index is 8.95. The third-order valence-corrected chi connectivity index (χ3v) is 2.06. The number of hydrogen-bond donors (Lipinski definition) is 1. The van der Waals surface area contributed by atoms with Crippen LogP contribution < -0.4 is 0 Å². The molecule has 0 atom stereocenters. The summed E-state index contributed by atoms with van der Waals surface area (Å²) in [6.07, 6.45) is 4.97. The van der Waals surface area contributed by atoms with E-state index in [0.29, 0.717) is 6.61 Å². The van der Waals surface area contributed by atoms with Gasteiger partial charge in [-0.05, 0) is 6.42 Å². The molecule has 0 radical (unpaired) electrons. The highest BCUT2D eigenvalue weighted by Crippen LogP contribution is 2.13. The van der Waals surface area contributed by atoms with Crippen molar-refractivity contribution in [2.45, 2.75) is 46.5 Å². The summed E-state index contributed by atoms with van der Waals surface area (Å²) in [5.41, 5.74) is -0.0786. The number of rotatable bonds is 8. The standard InChI is InChI=1S/C11H24O2/c1-4-5-6-7-8-13-10-11(2,3)9-12/h12H,4-10H2,1-3H3. The predicted molar refractivity (Wildman–Crippen MR) is 55.8 cm³/mol. The summed E-state index contributed by atoms with van der Waals surface area (Å²) in [7, 11) is 0. The second-order valence-electron chi connectivity index (χ2n) is 4.44. The van der Waals surface area contributed by atoms with Crippen molar-refractivity contribution in [3.8, 4) is 0 Å². The summed E-state index contributed by atoms with van der Waals surface area (Å²) in [5.74, 6) is 0. The van der Waals surface area contributed by atoms with Gasteiger partial charge in [-0.2, -0.15) is 0 Å². The average molecular weight is 188 g/mol.